The Morgan fingerprint density at radius 2 is 1.65 bits per heavy atom. The predicted octanol–water partition coefficient (Wildman–Crippen LogP) is 3.58. The van der Waals surface area contributed by atoms with E-state index in [1.54, 1.807) is 30.3 Å². The molecule has 26 heavy (non-hydrogen) atoms. The van der Waals surface area contributed by atoms with E-state index in [1.807, 2.05) is 6.07 Å². The number of nitrogens with zero attached hydrogens (tertiary/aromatic N) is 2. The van der Waals surface area contributed by atoms with E-state index < -0.39 is 12.7 Å². The van der Waals surface area contributed by atoms with Crippen LogP contribution in [-0.2, 0) is 0 Å². The number of aromatic nitrogens is 1. The Morgan fingerprint density at radius 1 is 1.04 bits per heavy atom. The molecule has 2 aromatic carbocycles. The average molecular weight is 350 g/mol. The van der Waals surface area contributed by atoms with Crippen molar-refractivity contribution in [1.29, 1.82) is 5.26 Å². The number of aliphatic hydroxyl groups excluding tert-OH is 2. The van der Waals surface area contributed by atoms with E-state index in [4.69, 9.17) is 15.1 Å². The molecule has 2 N–H and O–H groups in total. The minimum absolute atomic E-state index is 0.150. The standard InChI is InChI=1S/C20H15FN2O3/c21-15-3-7-18(8-4-15)26-17-5-1-13(2-6-17)19-10-14(20(25)12-24)9-16(11-22)23-19/h1-10,20,24-25H,12H2/t20-/m1/s1. The Bertz CT molecular complexity index is 935. The van der Waals surface area contributed by atoms with Gasteiger partial charge in [-0.2, -0.15) is 5.26 Å². The summed E-state index contributed by atoms with van der Waals surface area (Å²) < 4.78 is 18.6. The molecule has 3 aromatic rings. The molecule has 0 bridgehead atoms. The molecule has 3 rings (SSSR count). The van der Waals surface area contributed by atoms with Crippen molar-refractivity contribution in [2.24, 2.45) is 0 Å². The van der Waals surface area contributed by atoms with Gasteiger partial charge in [-0.1, -0.05) is 0 Å². The lowest BCUT2D eigenvalue weighted by Crippen LogP contribution is -2.04. The van der Waals surface area contributed by atoms with E-state index in [0.717, 1.165) is 5.56 Å². The Hall–Kier alpha value is -3.27. The number of benzene rings is 2. The summed E-state index contributed by atoms with van der Waals surface area (Å²) in [6.45, 7) is -0.446. The summed E-state index contributed by atoms with van der Waals surface area (Å²) in [5.74, 6) is 0.738. The first-order chi connectivity index (χ1) is 12.6. The Balaban J connectivity index is 1.86. The largest absolute Gasteiger partial charge is 0.457 e. The van der Waals surface area contributed by atoms with E-state index in [9.17, 15) is 9.50 Å². The number of halogens is 1. The van der Waals surface area contributed by atoms with Crippen LogP contribution in [0.4, 0.5) is 4.39 Å². The van der Waals surface area contributed by atoms with Crippen LogP contribution in [0.15, 0.2) is 60.7 Å². The molecule has 0 unspecified atom stereocenters. The molecule has 6 heteroatoms. The van der Waals surface area contributed by atoms with Gasteiger partial charge in [-0.05, 0) is 66.2 Å². The zero-order chi connectivity index (χ0) is 18.5. The lowest BCUT2D eigenvalue weighted by atomic mass is 10.0. The van der Waals surface area contributed by atoms with Gasteiger partial charge < -0.3 is 14.9 Å². The highest BCUT2D eigenvalue weighted by Gasteiger charge is 2.11. The van der Waals surface area contributed by atoms with Gasteiger partial charge in [0, 0.05) is 5.56 Å². The minimum Gasteiger partial charge on any atom is -0.457 e. The van der Waals surface area contributed by atoms with Crippen molar-refractivity contribution >= 4 is 0 Å². The van der Waals surface area contributed by atoms with E-state index in [0.29, 0.717) is 22.8 Å². The number of pyridine rings is 1. The van der Waals surface area contributed by atoms with Crippen molar-refractivity contribution in [3.05, 3.63) is 77.7 Å². The van der Waals surface area contributed by atoms with E-state index in [2.05, 4.69) is 4.98 Å². The third-order valence-electron chi connectivity index (χ3n) is 3.72. The number of nitriles is 1. The highest BCUT2D eigenvalue weighted by molar-refractivity contribution is 5.62. The zero-order valence-corrected chi connectivity index (χ0v) is 13.6. The fourth-order valence-corrected chi connectivity index (χ4v) is 2.39. The molecular formula is C20H15FN2O3. The molecule has 1 heterocycles. The van der Waals surface area contributed by atoms with Gasteiger partial charge in [0.15, 0.2) is 0 Å². The number of hydrogen-bond donors (Lipinski definition) is 2. The third kappa shape index (κ3) is 4.03. The molecule has 0 aliphatic heterocycles. The Morgan fingerprint density at radius 3 is 2.23 bits per heavy atom. The molecule has 0 aliphatic rings. The first-order valence-electron chi connectivity index (χ1n) is 7.84. The van der Waals surface area contributed by atoms with Gasteiger partial charge in [0.1, 0.15) is 35.2 Å². The van der Waals surface area contributed by atoms with Crippen LogP contribution >= 0.6 is 0 Å². The maximum absolute atomic E-state index is 12.9. The van der Waals surface area contributed by atoms with Gasteiger partial charge in [-0.25, -0.2) is 9.37 Å². The van der Waals surface area contributed by atoms with E-state index >= 15 is 0 Å². The summed E-state index contributed by atoms with van der Waals surface area (Å²) in [5, 5.41) is 28.0. The van der Waals surface area contributed by atoms with Gasteiger partial charge in [-0.3, -0.25) is 0 Å². The quantitative estimate of drug-likeness (QED) is 0.734. The zero-order valence-electron chi connectivity index (χ0n) is 13.6. The fourth-order valence-electron chi connectivity index (χ4n) is 2.39. The van der Waals surface area contributed by atoms with Crippen LogP contribution in [0.2, 0.25) is 0 Å². The Labute approximate surface area is 149 Å². The second kappa shape index (κ2) is 7.74. The highest BCUT2D eigenvalue weighted by Crippen LogP contribution is 2.27. The molecule has 0 aliphatic carbocycles. The van der Waals surface area contributed by atoms with Gasteiger partial charge in [0.05, 0.1) is 12.3 Å². The predicted molar refractivity (Wildman–Crippen MR) is 92.9 cm³/mol. The van der Waals surface area contributed by atoms with Crippen LogP contribution < -0.4 is 4.74 Å². The molecule has 0 spiro atoms. The number of rotatable bonds is 5. The molecule has 0 saturated heterocycles. The van der Waals surface area contributed by atoms with Crippen molar-refractivity contribution in [3.63, 3.8) is 0 Å². The highest BCUT2D eigenvalue weighted by atomic mass is 19.1. The van der Waals surface area contributed by atoms with Crippen molar-refractivity contribution in [1.82, 2.24) is 4.98 Å². The normalized spacial score (nSPS) is 11.6. The van der Waals surface area contributed by atoms with Gasteiger partial charge in [-0.15, -0.1) is 0 Å². The average Bonchev–Trinajstić information content (AvgIpc) is 2.69. The van der Waals surface area contributed by atoms with Crippen LogP contribution in [-0.4, -0.2) is 21.8 Å². The molecule has 0 radical (unpaired) electrons. The van der Waals surface area contributed by atoms with E-state index in [1.165, 1.54) is 30.3 Å². The van der Waals surface area contributed by atoms with Crippen molar-refractivity contribution in [2.45, 2.75) is 6.10 Å². The van der Waals surface area contributed by atoms with Crippen molar-refractivity contribution in [3.8, 4) is 28.8 Å². The third-order valence-corrected chi connectivity index (χ3v) is 3.72. The summed E-state index contributed by atoms with van der Waals surface area (Å²) in [7, 11) is 0. The monoisotopic (exact) mass is 350 g/mol. The lowest BCUT2D eigenvalue weighted by molar-refractivity contribution is 0.0956. The van der Waals surface area contributed by atoms with Crippen molar-refractivity contribution < 1.29 is 19.3 Å². The van der Waals surface area contributed by atoms with Crippen LogP contribution in [0.3, 0.4) is 0 Å². The summed E-state index contributed by atoms with van der Waals surface area (Å²) in [6, 6.07) is 17.7. The maximum atomic E-state index is 12.9. The number of aliphatic hydroxyl groups is 2. The van der Waals surface area contributed by atoms with Crippen molar-refractivity contribution in [2.75, 3.05) is 6.61 Å². The molecule has 1 atom stereocenters. The molecule has 0 fully saturated rings. The molecule has 1 aromatic heterocycles. The molecule has 0 saturated carbocycles. The Kier molecular flexibility index (Phi) is 5.23. The van der Waals surface area contributed by atoms with Gasteiger partial charge in [0.2, 0.25) is 0 Å². The smallest absolute Gasteiger partial charge is 0.141 e. The van der Waals surface area contributed by atoms with Crippen LogP contribution in [0.1, 0.15) is 17.4 Å². The number of ether oxygens (including phenoxy) is 1. The van der Waals surface area contributed by atoms with Crippen LogP contribution in [0, 0.1) is 17.1 Å². The van der Waals surface area contributed by atoms with Crippen LogP contribution in [0.5, 0.6) is 11.5 Å². The minimum atomic E-state index is -1.08. The van der Waals surface area contributed by atoms with Gasteiger partial charge in [0.25, 0.3) is 0 Å². The summed E-state index contributed by atoms with van der Waals surface area (Å²) in [4.78, 5) is 4.23. The molecular weight excluding hydrogens is 335 g/mol. The summed E-state index contributed by atoms with van der Waals surface area (Å²) in [5.41, 5.74) is 1.79. The summed E-state index contributed by atoms with van der Waals surface area (Å²) >= 11 is 0. The molecule has 5 nitrogen and oxygen atoms in total. The second-order valence-electron chi connectivity index (χ2n) is 5.56. The number of hydrogen-bond acceptors (Lipinski definition) is 5. The SMILES string of the molecule is N#Cc1cc([C@H](O)CO)cc(-c2ccc(Oc3ccc(F)cc3)cc2)n1. The first-order valence-corrected chi connectivity index (χ1v) is 7.84. The van der Waals surface area contributed by atoms with Crippen LogP contribution in [0.25, 0.3) is 11.3 Å². The maximum Gasteiger partial charge on any atom is 0.141 e. The molecule has 0 amide bonds. The lowest BCUT2D eigenvalue weighted by Gasteiger charge is -2.11. The van der Waals surface area contributed by atoms with Gasteiger partial charge >= 0.3 is 0 Å². The fraction of sp³-hybridized carbons (Fsp3) is 0.100. The second-order valence-corrected chi connectivity index (χ2v) is 5.56. The summed E-state index contributed by atoms with van der Waals surface area (Å²) in [6.07, 6.45) is -1.08. The van der Waals surface area contributed by atoms with E-state index in [-0.39, 0.29) is 11.5 Å². The topological polar surface area (TPSA) is 86.4 Å². The first kappa shape index (κ1) is 17.5. The molecule has 130 valence electrons.